The van der Waals surface area contributed by atoms with Crippen LogP contribution in [0.4, 0.5) is 0 Å². The lowest BCUT2D eigenvalue weighted by atomic mass is 10.1. The van der Waals surface area contributed by atoms with Crippen LogP contribution in [0, 0.1) is 13.8 Å². The third kappa shape index (κ3) is 5.08. The molecule has 0 spiro atoms. The third-order valence-electron chi connectivity index (χ3n) is 3.94. The number of ether oxygens (including phenoxy) is 2. The minimum Gasteiger partial charge on any atom is -0.496 e. The topological polar surface area (TPSA) is 55.8 Å². The largest absolute Gasteiger partial charge is 0.496 e. The van der Waals surface area contributed by atoms with Crippen molar-refractivity contribution >= 4 is 11.9 Å². The van der Waals surface area contributed by atoms with E-state index in [1.54, 1.807) is 32.4 Å². The van der Waals surface area contributed by atoms with Gasteiger partial charge in [0.2, 0.25) is 0 Å². The van der Waals surface area contributed by atoms with Gasteiger partial charge in [-0.15, -0.1) is 0 Å². The molecule has 2 rings (SSSR count). The lowest BCUT2D eigenvalue weighted by molar-refractivity contribution is -0.133. The summed E-state index contributed by atoms with van der Waals surface area (Å²) >= 11 is 0. The first-order valence-electron chi connectivity index (χ1n) is 8.02. The van der Waals surface area contributed by atoms with Crippen LogP contribution in [-0.2, 0) is 16.1 Å². The van der Waals surface area contributed by atoms with Crippen LogP contribution in [0.5, 0.6) is 5.75 Å². The van der Waals surface area contributed by atoms with E-state index in [9.17, 15) is 9.59 Å². The summed E-state index contributed by atoms with van der Waals surface area (Å²) < 4.78 is 10.3. The molecule has 0 radical (unpaired) electrons. The summed E-state index contributed by atoms with van der Waals surface area (Å²) in [5.41, 5.74) is 3.47. The van der Waals surface area contributed by atoms with Gasteiger partial charge in [0, 0.05) is 13.6 Å². The highest BCUT2D eigenvalue weighted by molar-refractivity contribution is 5.91. The zero-order valence-corrected chi connectivity index (χ0v) is 15.0. The molecule has 0 fully saturated rings. The number of esters is 1. The zero-order chi connectivity index (χ0) is 18.4. The quantitative estimate of drug-likeness (QED) is 0.758. The van der Waals surface area contributed by atoms with E-state index in [2.05, 4.69) is 0 Å². The van der Waals surface area contributed by atoms with Gasteiger partial charge in [-0.05, 0) is 37.1 Å². The summed E-state index contributed by atoms with van der Waals surface area (Å²) in [7, 11) is 3.23. The minimum atomic E-state index is -0.546. The maximum Gasteiger partial charge on any atom is 0.338 e. The molecule has 0 aliphatic carbocycles. The predicted octanol–water partition coefficient (Wildman–Crippen LogP) is 3.13. The maximum absolute atomic E-state index is 12.2. The van der Waals surface area contributed by atoms with Gasteiger partial charge in [-0.1, -0.05) is 35.9 Å². The van der Waals surface area contributed by atoms with Gasteiger partial charge < -0.3 is 14.4 Å². The van der Waals surface area contributed by atoms with Crippen LogP contribution in [0.3, 0.4) is 0 Å². The monoisotopic (exact) mass is 341 g/mol. The average molecular weight is 341 g/mol. The summed E-state index contributed by atoms with van der Waals surface area (Å²) in [6.07, 6.45) is 0. The van der Waals surface area contributed by atoms with Crippen molar-refractivity contribution in [2.45, 2.75) is 20.4 Å². The predicted molar refractivity (Wildman–Crippen MR) is 95.7 cm³/mol. The van der Waals surface area contributed by atoms with E-state index in [1.807, 2.05) is 38.1 Å². The highest BCUT2D eigenvalue weighted by atomic mass is 16.5. The van der Waals surface area contributed by atoms with Gasteiger partial charge in [-0.2, -0.15) is 0 Å². The van der Waals surface area contributed by atoms with E-state index in [0.717, 1.165) is 11.1 Å². The highest BCUT2D eigenvalue weighted by Crippen LogP contribution is 2.19. The second-order valence-corrected chi connectivity index (χ2v) is 6.00. The van der Waals surface area contributed by atoms with Crippen molar-refractivity contribution < 1.29 is 19.1 Å². The van der Waals surface area contributed by atoms with Gasteiger partial charge in [-0.25, -0.2) is 4.79 Å². The average Bonchev–Trinajstić information content (AvgIpc) is 2.61. The Hall–Kier alpha value is -2.82. The van der Waals surface area contributed by atoms with Gasteiger partial charge in [0.1, 0.15) is 5.75 Å². The molecular formula is C20H23NO4. The number of benzene rings is 2. The molecule has 0 heterocycles. The summed E-state index contributed by atoms with van der Waals surface area (Å²) in [5, 5.41) is 0. The molecule has 0 aliphatic rings. The standard InChI is InChI=1S/C20H23NO4/c1-14-5-8-16(9-6-14)12-21(3)19(22)13-25-20(23)17-10-7-15(2)18(11-17)24-4/h5-11H,12-13H2,1-4H3. The van der Waals surface area contributed by atoms with Crippen molar-refractivity contribution in [3.05, 3.63) is 64.7 Å². The Morgan fingerprint density at radius 1 is 1.04 bits per heavy atom. The Kier molecular flexibility index (Phi) is 6.17. The molecule has 1 amide bonds. The lowest BCUT2D eigenvalue weighted by Crippen LogP contribution is -2.30. The Morgan fingerprint density at radius 2 is 1.72 bits per heavy atom. The SMILES string of the molecule is COc1cc(C(=O)OCC(=O)N(C)Cc2ccc(C)cc2)ccc1C. The molecule has 2 aromatic rings. The summed E-state index contributed by atoms with van der Waals surface area (Å²) in [4.78, 5) is 25.8. The fourth-order valence-electron chi connectivity index (χ4n) is 2.32. The molecule has 5 nitrogen and oxygen atoms in total. The van der Waals surface area contributed by atoms with Crippen LogP contribution in [0.2, 0.25) is 0 Å². The van der Waals surface area contributed by atoms with Crippen LogP contribution < -0.4 is 4.74 Å². The summed E-state index contributed by atoms with van der Waals surface area (Å²) in [6, 6.07) is 13.0. The number of amides is 1. The van der Waals surface area contributed by atoms with E-state index >= 15 is 0 Å². The Morgan fingerprint density at radius 3 is 2.36 bits per heavy atom. The molecule has 2 aromatic carbocycles. The molecule has 25 heavy (non-hydrogen) atoms. The number of nitrogens with zero attached hydrogens (tertiary/aromatic N) is 1. The number of carbonyl (C=O) groups excluding carboxylic acids is 2. The van der Waals surface area contributed by atoms with Crippen molar-refractivity contribution in [3.63, 3.8) is 0 Å². The van der Waals surface area contributed by atoms with Crippen LogP contribution in [0.15, 0.2) is 42.5 Å². The molecule has 0 atom stereocenters. The molecule has 0 aromatic heterocycles. The molecule has 5 heteroatoms. The number of rotatable bonds is 6. The molecule has 0 saturated carbocycles. The van der Waals surface area contributed by atoms with Crippen molar-refractivity contribution in [1.29, 1.82) is 0 Å². The van der Waals surface area contributed by atoms with Gasteiger partial charge in [0.05, 0.1) is 12.7 Å². The van der Waals surface area contributed by atoms with E-state index in [-0.39, 0.29) is 12.5 Å². The number of hydrogen-bond acceptors (Lipinski definition) is 4. The Labute approximate surface area is 148 Å². The Balaban J connectivity index is 1.90. The first kappa shape index (κ1) is 18.5. The fourth-order valence-corrected chi connectivity index (χ4v) is 2.32. The number of hydrogen-bond donors (Lipinski definition) is 0. The van der Waals surface area contributed by atoms with Crippen molar-refractivity contribution in [1.82, 2.24) is 4.90 Å². The number of aryl methyl sites for hydroxylation is 2. The second-order valence-electron chi connectivity index (χ2n) is 6.00. The van der Waals surface area contributed by atoms with Crippen molar-refractivity contribution in [3.8, 4) is 5.75 Å². The lowest BCUT2D eigenvalue weighted by Gasteiger charge is -2.17. The van der Waals surface area contributed by atoms with Crippen molar-refractivity contribution in [2.75, 3.05) is 20.8 Å². The van der Waals surface area contributed by atoms with Crippen LogP contribution in [-0.4, -0.2) is 37.5 Å². The summed E-state index contributed by atoms with van der Waals surface area (Å²) in [5.74, 6) is -0.194. The van der Waals surface area contributed by atoms with E-state index in [0.29, 0.717) is 17.9 Å². The van der Waals surface area contributed by atoms with Gasteiger partial charge in [0.15, 0.2) is 6.61 Å². The number of carbonyl (C=O) groups is 2. The van der Waals surface area contributed by atoms with Crippen LogP contribution in [0.1, 0.15) is 27.0 Å². The maximum atomic E-state index is 12.2. The van der Waals surface area contributed by atoms with Gasteiger partial charge in [-0.3, -0.25) is 4.79 Å². The molecular weight excluding hydrogens is 318 g/mol. The second kappa shape index (κ2) is 8.33. The van der Waals surface area contributed by atoms with Crippen molar-refractivity contribution in [2.24, 2.45) is 0 Å². The van der Waals surface area contributed by atoms with Gasteiger partial charge in [0.25, 0.3) is 5.91 Å². The first-order valence-corrected chi connectivity index (χ1v) is 8.02. The normalized spacial score (nSPS) is 10.2. The van der Waals surface area contributed by atoms with E-state index in [1.165, 1.54) is 10.5 Å². The minimum absolute atomic E-state index is 0.256. The molecule has 0 unspecified atom stereocenters. The molecule has 0 N–H and O–H groups in total. The Bertz CT molecular complexity index is 753. The highest BCUT2D eigenvalue weighted by Gasteiger charge is 2.15. The first-order chi connectivity index (χ1) is 11.9. The number of likely N-dealkylation sites (N-methyl/N-ethyl adjacent to an activating group) is 1. The van der Waals surface area contributed by atoms with E-state index < -0.39 is 5.97 Å². The van der Waals surface area contributed by atoms with Gasteiger partial charge >= 0.3 is 5.97 Å². The fraction of sp³-hybridized carbons (Fsp3) is 0.300. The molecule has 0 bridgehead atoms. The van der Waals surface area contributed by atoms with Crippen LogP contribution in [0.25, 0.3) is 0 Å². The molecule has 0 saturated heterocycles. The summed E-state index contributed by atoms with van der Waals surface area (Å²) in [6.45, 7) is 4.07. The molecule has 0 aliphatic heterocycles. The third-order valence-corrected chi connectivity index (χ3v) is 3.94. The molecule has 132 valence electrons. The number of methoxy groups -OCH3 is 1. The zero-order valence-electron chi connectivity index (χ0n) is 15.0. The van der Waals surface area contributed by atoms with Crippen LogP contribution >= 0.6 is 0 Å². The van der Waals surface area contributed by atoms with E-state index in [4.69, 9.17) is 9.47 Å². The smallest absolute Gasteiger partial charge is 0.338 e.